The molecule has 0 aliphatic heterocycles. The predicted octanol–water partition coefficient (Wildman–Crippen LogP) is 2.10. The van der Waals surface area contributed by atoms with Gasteiger partial charge in [0, 0.05) is 19.7 Å². The fourth-order valence-corrected chi connectivity index (χ4v) is 2.35. The standard InChI is InChI=1S/C11H15N5S/c1-4-12-9-6-10(14-7-13-9)17-11-5-8(2)15-16(11)3/h5-7H,4H2,1-3H3,(H,12,13,14). The number of hydrogen-bond donors (Lipinski definition) is 1. The van der Waals surface area contributed by atoms with Gasteiger partial charge in [0.1, 0.15) is 22.2 Å². The minimum atomic E-state index is 0.851. The van der Waals surface area contributed by atoms with Crippen molar-refractivity contribution in [2.75, 3.05) is 11.9 Å². The van der Waals surface area contributed by atoms with Crippen LogP contribution in [-0.4, -0.2) is 26.3 Å². The Morgan fingerprint density at radius 2 is 2.18 bits per heavy atom. The number of aromatic nitrogens is 4. The van der Waals surface area contributed by atoms with Gasteiger partial charge in [-0.1, -0.05) is 11.8 Å². The van der Waals surface area contributed by atoms with Crippen LogP contribution in [0.4, 0.5) is 5.82 Å². The molecule has 0 atom stereocenters. The molecule has 0 saturated carbocycles. The van der Waals surface area contributed by atoms with E-state index in [0.717, 1.165) is 28.1 Å². The average molecular weight is 249 g/mol. The summed E-state index contributed by atoms with van der Waals surface area (Å²) in [4.78, 5) is 8.38. The SMILES string of the molecule is CCNc1cc(Sc2cc(C)nn2C)ncn1. The van der Waals surface area contributed by atoms with Crippen LogP contribution in [0.1, 0.15) is 12.6 Å². The summed E-state index contributed by atoms with van der Waals surface area (Å²) < 4.78 is 1.86. The highest BCUT2D eigenvalue weighted by Gasteiger charge is 2.06. The summed E-state index contributed by atoms with van der Waals surface area (Å²) in [6, 6.07) is 3.98. The largest absolute Gasteiger partial charge is 0.370 e. The smallest absolute Gasteiger partial charge is 0.130 e. The van der Waals surface area contributed by atoms with Gasteiger partial charge in [-0.25, -0.2) is 9.97 Å². The molecule has 2 rings (SSSR count). The predicted molar refractivity (Wildman–Crippen MR) is 68.3 cm³/mol. The van der Waals surface area contributed by atoms with Crippen molar-refractivity contribution in [1.29, 1.82) is 0 Å². The summed E-state index contributed by atoms with van der Waals surface area (Å²) >= 11 is 1.58. The number of nitrogens with zero attached hydrogens (tertiary/aromatic N) is 4. The molecule has 6 heteroatoms. The molecule has 0 saturated heterocycles. The maximum atomic E-state index is 4.30. The van der Waals surface area contributed by atoms with Gasteiger partial charge in [0.05, 0.1) is 5.69 Å². The van der Waals surface area contributed by atoms with E-state index in [1.165, 1.54) is 0 Å². The number of rotatable bonds is 4. The molecule has 0 unspecified atom stereocenters. The maximum Gasteiger partial charge on any atom is 0.130 e. The molecule has 0 spiro atoms. The van der Waals surface area contributed by atoms with Crippen molar-refractivity contribution in [3.05, 3.63) is 24.2 Å². The molecule has 2 aromatic heterocycles. The second-order valence-electron chi connectivity index (χ2n) is 3.62. The summed E-state index contributed by atoms with van der Waals surface area (Å²) in [5.41, 5.74) is 1.01. The molecule has 0 fully saturated rings. The molecule has 17 heavy (non-hydrogen) atoms. The van der Waals surface area contributed by atoms with Crippen molar-refractivity contribution < 1.29 is 0 Å². The fraction of sp³-hybridized carbons (Fsp3) is 0.364. The van der Waals surface area contributed by atoms with Crippen molar-refractivity contribution in [2.45, 2.75) is 23.9 Å². The molecule has 0 amide bonds. The normalized spacial score (nSPS) is 10.5. The van der Waals surface area contributed by atoms with E-state index in [1.54, 1.807) is 18.1 Å². The lowest BCUT2D eigenvalue weighted by Gasteiger charge is -2.04. The molecule has 2 aromatic rings. The summed E-state index contributed by atoms with van der Waals surface area (Å²) in [5.74, 6) is 0.851. The molecule has 1 N–H and O–H groups in total. The molecule has 5 nitrogen and oxygen atoms in total. The van der Waals surface area contributed by atoms with Gasteiger partial charge in [0.2, 0.25) is 0 Å². The van der Waals surface area contributed by atoms with Crippen molar-refractivity contribution in [3.63, 3.8) is 0 Å². The van der Waals surface area contributed by atoms with E-state index in [1.807, 2.05) is 37.7 Å². The van der Waals surface area contributed by atoms with E-state index < -0.39 is 0 Å². The molecule has 2 heterocycles. The molecule has 90 valence electrons. The third-order valence-corrected chi connectivity index (χ3v) is 3.19. The zero-order valence-corrected chi connectivity index (χ0v) is 11.0. The number of aryl methyl sites for hydroxylation is 2. The van der Waals surface area contributed by atoms with Gasteiger partial charge < -0.3 is 5.32 Å². The Morgan fingerprint density at radius 3 is 2.82 bits per heavy atom. The van der Waals surface area contributed by atoms with Gasteiger partial charge in [0.25, 0.3) is 0 Å². The molecule has 0 bridgehead atoms. The number of hydrogen-bond acceptors (Lipinski definition) is 5. The molecule has 0 radical (unpaired) electrons. The summed E-state index contributed by atoms with van der Waals surface area (Å²) in [6.07, 6.45) is 1.57. The zero-order chi connectivity index (χ0) is 12.3. The van der Waals surface area contributed by atoms with Crippen LogP contribution in [-0.2, 0) is 7.05 Å². The number of nitrogens with one attached hydrogen (secondary N) is 1. The first-order valence-corrected chi connectivity index (χ1v) is 6.25. The van der Waals surface area contributed by atoms with E-state index in [2.05, 4.69) is 20.4 Å². The maximum absolute atomic E-state index is 4.30. The van der Waals surface area contributed by atoms with Gasteiger partial charge in [-0.15, -0.1) is 0 Å². The van der Waals surface area contributed by atoms with Gasteiger partial charge in [-0.3, -0.25) is 4.68 Å². The zero-order valence-electron chi connectivity index (χ0n) is 10.1. The quantitative estimate of drug-likeness (QED) is 0.841. The van der Waals surface area contributed by atoms with E-state index >= 15 is 0 Å². The second-order valence-corrected chi connectivity index (χ2v) is 4.66. The third-order valence-electron chi connectivity index (χ3n) is 2.17. The molecular formula is C11H15N5S. The minimum absolute atomic E-state index is 0.851. The highest BCUT2D eigenvalue weighted by atomic mass is 32.2. The topological polar surface area (TPSA) is 55.6 Å². The average Bonchev–Trinajstić information content (AvgIpc) is 2.58. The van der Waals surface area contributed by atoms with E-state index in [4.69, 9.17) is 0 Å². The van der Waals surface area contributed by atoms with Crippen molar-refractivity contribution in [2.24, 2.45) is 7.05 Å². The van der Waals surface area contributed by atoms with Crippen LogP contribution >= 0.6 is 11.8 Å². The molecule has 0 aromatic carbocycles. The highest BCUT2D eigenvalue weighted by Crippen LogP contribution is 2.26. The third kappa shape index (κ3) is 2.97. The Hall–Kier alpha value is -1.56. The first kappa shape index (κ1) is 11.9. The Bertz CT molecular complexity index is 508. The summed E-state index contributed by atoms with van der Waals surface area (Å²) in [6.45, 7) is 4.87. The summed E-state index contributed by atoms with van der Waals surface area (Å²) in [7, 11) is 1.93. The van der Waals surface area contributed by atoms with E-state index in [9.17, 15) is 0 Å². The van der Waals surface area contributed by atoms with Crippen LogP contribution in [0.15, 0.2) is 28.5 Å². The lowest BCUT2D eigenvalue weighted by atomic mass is 10.5. The monoisotopic (exact) mass is 249 g/mol. The Balaban J connectivity index is 2.18. The van der Waals surface area contributed by atoms with Crippen LogP contribution < -0.4 is 5.32 Å². The molecule has 0 aliphatic rings. The van der Waals surface area contributed by atoms with Crippen molar-refractivity contribution in [1.82, 2.24) is 19.7 Å². The first-order chi connectivity index (χ1) is 8.19. The van der Waals surface area contributed by atoms with Gasteiger partial charge in [-0.2, -0.15) is 5.10 Å². The van der Waals surface area contributed by atoms with Crippen molar-refractivity contribution in [3.8, 4) is 0 Å². The van der Waals surface area contributed by atoms with E-state index in [-0.39, 0.29) is 0 Å². The highest BCUT2D eigenvalue weighted by molar-refractivity contribution is 7.99. The summed E-state index contributed by atoms with van der Waals surface area (Å²) in [5, 5.41) is 9.46. The lowest BCUT2D eigenvalue weighted by molar-refractivity contribution is 0.692. The number of anilines is 1. The van der Waals surface area contributed by atoms with Crippen LogP contribution in [0.25, 0.3) is 0 Å². The Morgan fingerprint density at radius 1 is 1.35 bits per heavy atom. The van der Waals surface area contributed by atoms with Gasteiger partial charge in [0.15, 0.2) is 0 Å². The lowest BCUT2D eigenvalue weighted by Crippen LogP contribution is -2.00. The first-order valence-electron chi connectivity index (χ1n) is 5.43. The van der Waals surface area contributed by atoms with E-state index in [0.29, 0.717) is 0 Å². The molecular weight excluding hydrogens is 234 g/mol. The van der Waals surface area contributed by atoms with Gasteiger partial charge >= 0.3 is 0 Å². The molecule has 0 aliphatic carbocycles. The van der Waals surface area contributed by atoms with Crippen LogP contribution in [0.3, 0.4) is 0 Å². The fourth-order valence-electron chi connectivity index (χ4n) is 1.46. The van der Waals surface area contributed by atoms with Crippen LogP contribution in [0, 0.1) is 6.92 Å². The Kier molecular flexibility index (Phi) is 3.63. The minimum Gasteiger partial charge on any atom is -0.370 e. The van der Waals surface area contributed by atoms with Crippen molar-refractivity contribution >= 4 is 17.6 Å². The van der Waals surface area contributed by atoms with Gasteiger partial charge in [-0.05, 0) is 19.9 Å². The Labute approximate surface area is 105 Å². The van der Waals surface area contributed by atoms with Crippen LogP contribution in [0.5, 0.6) is 0 Å². The van der Waals surface area contributed by atoms with Crippen LogP contribution in [0.2, 0.25) is 0 Å². The second kappa shape index (κ2) is 5.18.